The average Bonchev–Trinajstić information content (AvgIpc) is 2.77. The lowest BCUT2D eigenvalue weighted by Gasteiger charge is -2.14. The Hall–Kier alpha value is -2.08. The van der Waals surface area contributed by atoms with Gasteiger partial charge in [-0.2, -0.15) is 0 Å². The van der Waals surface area contributed by atoms with Crippen molar-refractivity contribution >= 4 is 33.7 Å². The van der Waals surface area contributed by atoms with Crippen molar-refractivity contribution in [2.45, 2.75) is 0 Å². The highest BCUT2D eigenvalue weighted by atomic mass is 32.1. The van der Waals surface area contributed by atoms with E-state index in [-0.39, 0.29) is 5.69 Å². The average molecular weight is 263 g/mol. The van der Waals surface area contributed by atoms with Crippen LogP contribution in [-0.2, 0) is 0 Å². The zero-order valence-corrected chi connectivity index (χ0v) is 10.9. The maximum Gasteiger partial charge on any atom is 0.357 e. The predicted octanol–water partition coefficient (Wildman–Crippen LogP) is 2.65. The van der Waals surface area contributed by atoms with Gasteiger partial charge in [-0.3, -0.25) is 0 Å². The fourth-order valence-corrected chi connectivity index (χ4v) is 2.17. The number of anilines is 3. The van der Waals surface area contributed by atoms with Gasteiger partial charge < -0.3 is 15.3 Å². The summed E-state index contributed by atoms with van der Waals surface area (Å²) >= 11 is 1.27. The van der Waals surface area contributed by atoms with E-state index >= 15 is 0 Å². The van der Waals surface area contributed by atoms with Crippen molar-refractivity contribution in [3.63, 3.8) is 0 Å². The molecular weight excluding hydrogens is 250 g/mol. The first-order valence-electron chi connectivity index (χ1n) is 5.29. The van der Waals surface area contributed by atoms with Crippen LogP contribution in [0.5, 0.6) is 0 Å². The first-order chi connectivity index (χ1) is 8.58. The molecule has 18 heavy (non-hydrogen) atoms. The minimum Gasteiger partial charge on any atom is -0.476 e. The molecule has 2 aromatic rings. The summed E-state index contributed by atoms with van der Waals surface area (Å²) in [6.07, 6.45) is 0. The maximum absolute atomic E-state index is 10.9. The molecule has 1 aromatic heterocycles. The lowest BCUT2D eigenvalue weighted by molar-refractivity contribution is 0.0692. The van der Waals surface area contributed by atoms with Crippen LogP contribution in [0.2, 0.25) is 0 Å². The highest BCUT2D eigenvalue weighted by Gasteiger charge is 2.13. The van der Waals surface area contributed by atoms with Gasteiger partial charge in [-0.1, -0.05) is 6.07 Å². The lowest BCUT2D eigenvalue weighted by atomic mass is 10.2. The van der Waals surface area contributed by atoms with Crippen molar-refractivity contribution in [3.05, 3.63) is 35.5 Å². The minimum atomic E-state index is -1.03. The van der Waals surface area contributed by atoms with Crippen LogP contribution in [0.1, 0.15) is 10.5 Å². The maximum atomic E-state index is 10.9. The topological polar surface area (TPSA) is 65.5 Å². The quantitative estimate of drug-likeness (QED) is 0.887. The molecule has 0 saturated heterocycles. The van der Waals surface area contributed by atoms with Gasteiger partial charge in [-0.25, -0.2) is 9.78 Å². The van der Waals surface area contributed by atoms with Crippen molar-refractivity contribution in [1.29, 1.82) is 0 Å². The first-order valence-corrected chi connectivity index (χ1v) is 6.17. The summed E-state index contributed by atoms with van der Waals surface area (Å²) in [6.45, 7) is 0. The number of nitrogens with zero attached hydrogens (tertiary/aromatic N) is 2. The van der Waals surface area contributed by atoms with Gasteiger partial charge in [0, 0.05) is 25.5 Å². The molecule has 2 N–H and O–H groups in total. The van der Waals surface area contributed by atoms with Gasteiger partial charge in [-0.05, 0) is 18.2 Å². The Morgan fingerprint density at radius 1 is 1.44 bits per heavy atom. The molecule has 2 rings (SSSR count). The third-order valence-electron chi connectivity index (χ3n) is 2.39. The summed E-state index contributed by atoms with van der Waals surface area (Å²) in [5, 5.41) is 12.6. The number of benzene rings is 1. The number of thiazole rings is 1. The monoisotopic (exact) mass is 263 g/mol. The van der Waals surface area contributed by atoms with Crippen LogP contribution in [0.15, 0.2) is 29.8 Å². The molecule has 0 bridgehead atoms. The van der Waals surface area contributed by atoms with Crippen LogP contribution in [0, 0.1) is 0 Å². The molecule has 0 unspecified atom stereocenters. The van der Waals surface area contributed by atoms with Crippen molar-refractivity contribution < 1.29 is 9.90 Å². The summed E-state index contributed by atoms with van der Waals surface area (Å²) in [6, 6.07) is 7.73. The fraction of sp³-hybridized carbons (Fsp3) is 0.167. The molecule has 94 valence electrons. The SMILES string of the molecule is CN(C)c1cccc(Nc2scnc2C(=O)O)c1. The molecule has 1 aromatic carbocycles. The summed E-state index contributed by atoms with van der Waals surface area (Å²) in [7, 11) is 3.91. The van der Waals surface area contributed by atoms with E-state index in [1.54, 1.807) is 0 Å². The van der Waals surface area contributed by atoms with E-state index in [0.29, 0.717) is 5.00 Å². The molecule has 5 nitrogen and oxygen atoms in total. The zero-order chi connectivity index (χ0) is 13.1. The second-order valence-corrected chi connectivity index (χ2v) is 4.76. The third kappa shape index (κ3) is 2.60. The molecule has 0 radical (unpaired) electrons. The number of carboxylic acid groups (broad SMARTS) is 1. The normalized spacial score (nSPS) is 10.1. The van der Waals surface area contributed by atoms with E-state index in [4.69, 9.17) is 5.11 Å². The number of hydrogen-bond acceptors (Lipinski definition) is 5. The molecule has 0 spiro atoms. The summed E-state index contributed by atoms with van der Waals surface area (Å²) < 4.78 is 0. The molecule has 0 atom stereocenters. The van der Waals surface area contributed by atoms with Gasteiger partial charge in [0.05, 0.1) is 5.51 Å². The van der Waals surface area contributed by atoms with Crippen LogP contribution < -0.4 is 10.2 Å². The number of rotatable bonds is 4. The van der Waals surface area contributed by atoms with E-state index in [9.17, 15) is 4.79 Å². The van der Waals surface area contributed by atoms with Gasteiger partial charge in [0.1, 0.15) is 5.00 Å². The predicted molar refractivity (Wildman–Crippen MR) is 73.1 cm³/mol. The van der Waals surface area contributed by atoms with Gasteiger partial charge in [-0.15, -0.1) is 11.3 Å². The molecule has 0 amide bonds. The second kappa shape index (κ2) is 5.05. The van der Waals surface area contributed by atoms with E-state index in [1.165, 1.54) is 16.8 Å². The standard InChI is InChI=1S/C12H13N3O2S/c1-15(2)9-5-3-4-8(6-9)14-11-10(12(16)17)13-7-18-11/h3-7,14H,1-2H3,(H,16,17). The molecule has 0 fully saturated rings. The summed E-state index contributed by atoms with van der Waals surface area (Å²) in [4.78, 5) is 16.7. The van der Waals surface area contributed by atoms with Crippen molar-refractivity contribution in [1.82, 2.24) is 4.98 Å². The van der Waals surface area contributed by atoms with Gasteiger partial charge >= 0.3 is 5.97 Å². The molecule has 0 aliphatic heterocycles. The molecule has 1 heterocycles. The molecule has 0 aliphatic rings. The van der Waals surface area contributed by atoms with E-state index in [1.807, 2.05) is 43.3 Å². The number of nitrogens with one attached hydrogen (secondary N) is 1. The van der Waals surface area contributed by atoms with Crippen LogP contribution in [0.4, 0.5) is 16.4 Å². The smallest absolute Gasteiger partial charge is 0.357 e. The Bertz CT molecular complexity index is 566. The van der Waals surface area contributed by atoms with Gasteiger partial charge in [0.15, 0.2) is 5.69 Å². The highest BCUT2D eigenvalue weighted by Crippen LogP contribution is 2.26. The number of carbonyl (C=O) groups is 1. The Balaban J connectivity index is 2.26. The number of aromatic nitrogens is 1. The van der Waals surface area contributed by atoms with E-state index in [0.717, 1.165) is 11.4 Å². The second-order valence-electron chi connectivity index (χ2n) is 3.90. The van der Waals surface area contributed by atoms with Crippen LogP contribution in [0.25, 0.3) is 0 Å². The summed E-state index contributed by atoms with van der Waals surface area (Å²) in [5.74, 6) is -1.03. The Labute approximate surface area is 109 Å². The van der Waals surface area contributed by atoms with Gasteiger partial charge in [0.2, 0.25) is 0 Å². The minimum absolute atomic E-state index is 0.0512. The Morgan fingerprint density at radius 2 is 2.22 bits per heavy atom. The van der Waals surface area contributed by atoms with Crippen molar-refractivity contribution in [2.75, 3.05) is 24.3 Å². The zero-order valence-electron chi connectivity index (χ0n) is 10.0. The lowest BCUT2D eigenvalue weighted by Crippen LogP contribution is -2.08. The van der Waals surface area contributed by atoms with Crippen molar-refractivity contribution in [3.8, 4) is 0 Å². The van der Waals surface area contributed by atoms with Crippen LogP contribution in [-0.4, -0.2) is 30.2 Å². The van der Waals surface area contributed by atoms with Crippen molar-refractivity contribution in [2.24, 2.45) is 0 Å². The largest absolute Gasteiger partial charge is 0.476 e. The van der Waals surface area contributed by atoms with E-state index < -0.39 is 5.97 Å². The number of carboxylic acids is 1. The highest BCUT2D eigenvalue weighted by molar-refractivity contribution is 7.14. The van der Waals surface area contributed by atoms with E-state index in [2.05, 4.69) is 10.3 Å². The molecule has 0 aliphatic carbocycles. The van der Waals surface area contributed by atoms with Crippen LogP contribution >= 0.6 is 11.3 Å². The number of aromatic carboxylic acids is 1. The molecular formula is C12H13N3O2S. The summed E-state index contributed by atoms with van der Waals surface area (Å²) in [5.41, 5.74) is 3.45. The third-order valence-corrected chi connectivity index (χ3v) is 3.13. The first kappa shape index (κ1) is 12.4. The van der Waals surface area contributed by atoms with Gasteiger partial charge in [0.25, 0.3) is 0 Å². The fourth-order valence-electron chi connectivity index (χ4n) is 1.48. The Morgan fingerprint density at radius 3 is 2.89 bits per heavy atom. The molecule has 6 heteroatoms. The number of hydrogen-bond donors (Lipinski definition) is 2. The Kier molecular flexibility index (Phi) is 3.47. The van der Waals surface area contributed by atoms with Crippen LogP contribution in [0.3, 0.4) is 0 Å². The molecule has 0 saturated carbocycles.